The molecule has 0 unspecified atom stereocenters. The maximum atomic E-state index is 13.7. The van der Waals surface area contributed by atoms with Gasteiger partial charge in [-0.05, 0) is 61.2 Å². The molecule has 1 aromatic carbocycles. The maximum Gasteiger partial charge on any atom is 0.419 e. The highest BCUT2D eigenvalue weighted by atomic mass is 19.4. The van der Waals surface area contributed by atoms with Crippen molar-refractivity contribution in [2.45, 2.75) is 31.5 Å². The highest BCUT2D eigenvalue weighted by molar-refractivity contribution is 5.26. The van der Waals surface area contributed by atoms with Crippen LogP contribution in [0.2, 0.25) is 0 Å². The van der Waals surface area contributed by atoms with E-state index in [1.165, 1.54) is 6.07 Å². The lowest BCUT2D eigenvalue weighted by atomic mass is 9.90. The molecule has 2 heterocycles. The summed E-state index contributed by atoms with van der Waals surface area (Å²) in [5.74, 6) is -0.939. The van der Waals surface area contributed by atoms with Crippen LogP contribution in [0.1, 0.15) is 35.4 Å². The van der Waals surface area contributed by atoms with Crippen LogP contribution < -0.4 is 5.56 Å². The molecule has 0 aliphatic carbocycles. The minimum absolute atomic E-state index is 0.125. The van der Waals surface area contributed by atoms with Gasteiger partial charge in [-0.3, -0.25) is 9.69 Å². The summed E-state index contributed by atoms with van der Waals surface area (Å²) in [6.07, 6.45) is -1.33. The minimum atomic E-state index is -4.67. The summed E-state index contributed by atoms with van der Waals surface area (Å²) in [4.78, 5) is 16.1. The van der Waals surface area contributed by atoms with Crippen LogP contribution >= 0.6 is 0 Å². The smallest absolute Gasteiger partial charge is 0.329 e. The van der Waals surface area contributed by atoms with E-state index in [0.29, 0.717) is 18.0 Å². The Morgan fingerprint density at radius 2 is 1.84 bits per heavy atom. The summed E-state index contributed by atoms with van der Waals surface area (Å²) in [5.41, 5.74) is 0.175. The summed E-state index contributed by atoms with van der Waals surface area (Å²) in [5, 5.41) is 0. The zero-order valence-electron chi connectivity index (χ0n) is 13.4. The van der Waals surface area contributed by atoms with E-state index in [0.717, 1.165) is 43.6 Å². The van der Waals surface area contributed by atoms with E-state index in [4.69, 9.17) is 0 Å². The van der Waals surface area contributed by atoms with Crippen LogP contribution in [-0.4, -0.2) is 23.0 Å². The lowest BCUT2D eigenvalue weighted by Crippen LogP contribution is -2.32. The van der Waals surface area contributed by atoms with Crippen molar-refractivity contribution in [3.63, 3.8) is 0 Å². The standard InChI is InChI=1S/C18H18F4N2O/c19-16-9-12(1-2-15(16)18(20,21)22)11-24-7-4-13(5-8-24)14-3-6-23-17(25)10-14/h1-3,6,9-10,13H,4-5,7-8,11H2,(H,23,25). The van der Waals surface area contributed by atoms with E-state index >= 15 is 0 Å². The molecule has 134 valence electrons. The van der Waals surface area contributed by atoms with E-state index in [1.807, 2.05) is 6.07 Å². The predicted octanol–water partition coefficient (Wildman–Crippen LogP) is 3.91. The number of alkyl halides is 3. The van der Waals surface area contributed by atoms with Crippen LogP contribution in [0.4, 0.5) is 17.6 Å². The lowest BCUT2D eigenvalue weighted by molar-refractivity contribution is -0.140. The number of hydrogen-bond donors (Lipinski definition) is 1. The van der Waals surface area contributed by atoms with Gasteiger partial charge in [0.05, 0.1) is 5.56 Å². The largest absolute Gasteiger partial charge is 0.419 e. The van der Waals surface area contributed by atoms with E-state index in [1.54, 1.807) is 12.3 Å². The van der Waals surface area contributed by atoms with Crippen molar-refractivity contribution >= 4 is 0 Å². The summed E-state index contributed by atoms with van der Waals surface area (Å²) >= 11 is 0. The molecule has 1 saturated heterocycles. The Bertz CT molecular complexity index is 792. The Balaban J connectivity index is 1.61. The van der Waals surface area contributed by atoms with Crippen molar-refractivity contribution in [1.29, 1.82) is 0 Å². The van der Waals surface area contributed by atoms with Crippen LogP contribution in [0.5, 0.6) is 0 Å². The van der Waals surface area contributed by atoms with E-state index in [9.17, 15) is 22.4 Å². The number of benzene rings is 1. The number of rotatable bonds is 3. The van der Waals surface area contributed by atoms with Crippen LogP contribution in [0.15, 0.2) is 41.3 Å². The molecule has 7 heteroatoms. The fourth-order valence-electron chi connectivity index (χ4n) is 3.28. The summed E-state index contributed by atoms with van der Waals surface area (Å²) in [6, 6.07) is 6.59. The third kappa shape index (κ3) is 4.28. The van der Waals surface area contributed by atoms with E-state index in [2.05, 4.69) is 9.88 Å². The zero-order chi connectivity index (χ0) is 18.0. The molecule has 1 aliphatic heterocycles. The molecule has 0 amide bonds. The highest BCUT2D eigenvalue weighted by Gasteiger charge is 2.34. The van der Waals surface area contributed by atoms with Crippen molar-refractivity contribution < 1.29 is 17.6 Å². The third-order valence-corrected chi connectivity index (χ3v) is 4.60. The second-order valence-electron chi connectivity index (χ2n) is 6.35. The monoisotopic (exact) mass is 354 g/mol. The van der Waals surface area contributed by atoms with Gasteiger partial charge in [-0.2, -0.15) is 13.2 Å². The number of likely N-dealkylation sites (tertiary alicyclic amines) is 1. The summed E-state index contributed by atoms with van der Waals surface area (Å²) in [7, 11) is 0. The van der Waals surface area contributed by atoms with Gasteiger partial charge in [0.2, 0.25) is 5.56 Å². The third-order valence-electron chi connectivity index (χ3n) is 4.60. The first-order chi connectivity index (χ1) is 11.8. The molecular weight excluding hydrogens is 336 g/mol. The number of halogens is 4. The molecule has 3 rings (SSSR count). The molecule has 0 atom stereocenters. The van der Waals surface area contributed by atoms with Crippen LogP contribution in [-0.2, 0) is 12.7 Å². The summed E-state index contributed by atoms with van der Waals surface area (Å²) < 4.78 is 51.4. The van der Waals surface area contributed by atoms with Gasteiger partial charge in [0, 0.05) is 18.8 Å². The van der Waals surface area contributed by atoms with Gasteiger partial charge in [0.1, 0.15) is 5.82 Å². The minimum Gasteiger partial charge on any atom is -0.329 e. The Morgan fingerprint density at radius 1 is 1.12 bits per heavy atom. The van der Waals surface area contributed by atoms with Crippen molar-refractivity contribution in [3.05, 3.63) is 69.4 Å². The number of aromatic nitrogens is 1. The second-order valence-corrected chi connectivity index (χ2v) is 6.35. The van der Waals surface area contributed by atoms with Crippen molar-refractivity contribution in [2.24, 2.45) is 0 Å². The van der Waals surface area contributed by atoms with Gasteiger partial charge >= 0.3 is 6.18 Å². The molecule has 1 fully saturated rings. The molecule has 0 bridgehead atoms. The summed E-state index contributed by atoms with van der Waals surface area (Å²) in [6.45, 7) is 1.91. The number of pyridine rings is 1. The second kappa shape index (κ2) is 7.00. The number of hydrogen-bond acceptors (Lipinski definition) is 2. The molecule has 1 N–H and O–H groups in total. The number of aromatic amines is 1. The quantitative estimate of drug-likeness (QED) is 0.849. The molecule has 0 saturated carbocycles. The average Bonchev–Trinajstić information content (AvgIpc) is 2.54. The van der Waals surface area contributed by atoms with Crippen molar-refractivity contribution in [1.82, 2.24) is 9.88 Å². The molecule has 1 aromatic heterocycles. The lowest BCUT2D eigenvalue weighted by Gasteiger charge is -2.32. The molecule has 0 radical (unpaired) electrons. The number of piperidine rings is 1. The first-order valence-corrected chi connectivity index (χ1v) is 8.09. The molecule has 0 spiro atoms. The number of H-pyrrole nitrogens is 1. The zero-order valence-corrected chi connectivity index (χ0v) is 13.4. The van der Waals surface area contributed by atoms with Crippen LogP contribution in [0.25, 0.3) is 0 Å². The van der Waals surface area contributed by atoms with Gasteiger partial charge in [-0.25, -0.2) is 4.39 Å². The molecule has 3 nitrogen and oxygen atoms in total. The van der Waals surface area contributed by atoms with Gasteiger partial charge in [0.25, 0.3) is 0 Å². The Hall–Kier alpha value is -2.15. The first-order valence-electron chi connectivity index (χ1n) is 8.09. The maximum absolute atomic E-state index is 13.7. The van der Waals surface area contributed by atoms with Crippen molar-refractivity contribution in [3.8, 4) is 0 Å². The van der Waals surface area contributed by atoms with Gasteiger partial charge in [-0.1, -0.05) is 6.07 Å². The van der Waals surface area contributed by atoms with E-state index in [-0.39, 0.29) is 5.56 Å². The fourth-order valence-corrected chi connectivity index (χ4v) is 3.28. The van der Waals surface area contributed by atoms with Crippen LogP contribution in [0.3, 0.4) is 0 Å². The van der Waals surface area contributed by atoms with Crippen LogP contribution in [0, 0.1) is 5.82 Å². The fraction of sp³-hybridized carbons (Fsp3) is 0.389. The van der Waals surface area contributed by atoms with Crippen molar-refractivity contribution in [2.75, 3.05) is 13.1 Å². The first kappa shape index (κ1) is 17.7. The molecular formula is C18H18F4N2O. The Kier molecular flexibility index (Phi) is 4.94. The molecule has 25 heavy (non-hydrogen) atoms. The predicted molar refractivity (Wildman–Crippen MR) is 85.7 cm³/mol. The average molecular weight is 354 g/mol. The molecule has 1 aliphatic rings. The van der Waals surface area contributed by atoms with Gasteiger partial charge < -0.3 is 4.98 Å². The van der Waals surface area contributed by atoms with E-state index < -0.39 is 17.6 Å². The normalized spacial score (nSPS) is 17.0. The van der Waals surface area contributed by atoms with Gasteiger partial charge in [-0.15, -0.1) is 0 Å². The topological polar surface area (TPSA) is 36.1 Å². The highest BCUT2D eigenvalue weighted by Crippen LogP contribution is 2.32. The van der Waals surface area contributed by atoms with Gasteiger partial charge in [0.15, 0.2) is 0 Å². The Morgan fingerprint density at radius 3 is 2.44 bits per heavy atom. The Labute approximate surface area is 142 Å². The number of nitrogens with one attached hydrogen (secondary N) is 1. The molecule has 2 aromatic rings. The number of nitrogens with zero attached hydrogens (tertiary/aromatic N) is 1. The SMILES string of the molecule is O=c1cc(C2CCN(Cc3ccc(C(F)(F)F)c(F)c3)CC2)cc[nH]1.